The van der Waals surface area contributed by atoms with Gasteiger partial charge >= 0.3 is 0 Å². The molecular formula is C15H20ClN3O3. The largest absolute Gasteiger partial charge is 0.338 e. The lowest BCUT2D eigenvalue weighted by atomic mass is 9.96. The smallest absolute Gasteiger partial charge is 0.283 e. The third-order valence-corrected chi connectivity index (χ3v) is 4.30. The van der Waals surface area contributed by atoms with Crippen LogP contribution in [0.3, 0.4) is 0 Å². The fourth-order valence-corrected chi connectivity index (χ4v) is 2.97. The summed E-state index contributed by atoms with van der Waals surface area (Å²) in [7, 11) is 0. The zero-order valence-electron chi connectivity index (χ0n) is 12.5. The van der Waals surface area contributed by atoms with Gasteiger partial charge in [-0.25, -0.2) is 0 Å². The summed E-state index contributed by atoms with van der Waals surface area (Å²) < 4.78 is 0. The summed E-state index contributed by atoms with van der Waals surface area (Å²) in [6.45, 7) is 5.17. The first-order valence-corrected chi connectivity index (χ1v) is 7.85. The second-order valence-electron chi connectivity index (χ2n) is 5.43. The van der Waals surface area contributed by atoms with Gasteiger partial charge in [0.25, 0.3) is 11.6 Å². The lowest BCUT2D eigenvalue weighted by Crippen LogP contribution is -2.41. The highest BCUT2D eigenvalue weighted by Gasteiger charge is 2.30. The molecule has 6 nitrogen and oxygen atoms in total. The van der Waals surface area contributed by atoms with Crippen LogP contribution < -0.4 is 5.32 Å². The summed E-state index contributed by atoms with van der Waals surface area (Å²) in [5.41, 5.74) is -0.230. The number of nitro groups is 1. The molecule has 7 heteroatoms. The van der Waals surface area contributed by atoms with Crippen LogP contribution >= 0.6 is 11.6 Å². The molecule has 0 unspecified atom stereocenters. The fourth-order valence-electron chi connectivity index (χ4n) is 2.72. The highest BCUT2D eigenvalue weighted by atomic mass is 35.5. The van der Waals surface area contributed by atoms with Gasteiger partial charge < -0.3 is 10.2 Å². The number of nitrogens with one attached hydrogen (secondary N) is 1. The number of nitrogens with zero attached hydrogens (tertiary/aromatic N) is 2. The van der Waals surface area contributed by atoms with E-state index in [1.165, 1.54) is 18.2 Å². The molecular weight excluding hydrogens is 306 g/mol. The van der Waals surface area contributed by atoms with E-state index in [4.69, 9.17) is 11.6 Å². The van der Waals surface area contributed by atoms with Crippen molar-refractivity contribution < 1.29 is 9.72 Å². The lowest BCUT2D eigenvalue weighted by Gasteiger charge is -2.32. The van der Waals surface area contributed by atoms with Crippen molar-refractivity contribution in [2.24, 2.45) is 5.92 Å². The van der Waals surface area contributed by atoms with Gasteiger partial charge in [-0.3, -0.25) is 14.9 Å². The Bertz CT molecular complexity index is 557. The molecule has 1 fully saturated rings. The van der Waals surface area contributed by atoms with Crippen molar-refractivity contribution in [3.8, 4) is 0 Å². The van der Waals surface area contributed by atoms with Crippen LogP contribution in [0.4, 0.5) is 5.69 Å². The Morgan fingerprint density at radius 2 is 2.14 bits per heavy atom. The van der Waals surface area contributed by atoms with Crippen LogP contribution in [-0.2, 0) is 0 Å². The van der Waals surface area contributed by atoms with Crippen LogP contribution in [0, 0.1) is 16.0 Å². The van der Waals surface area contributed by atoms with Gasteiger partial charge in [-0.15, -0.1) is 0 Å². The van der Waals surface area contributed by atoms with Crippen LogP contribution in [0.5, 0.6) is 0 Å². The number of nitro benzene ring substituents is 1. The average molecular weight is 326 g/mol. The topological polar surface area (TPSA) is 75.5 Å². The normalized spacial score (nSPS) is 15.8. The minimum atomic E-state index is -0.558. The molecule has 0 atom stereocenters. The summed E-state index contributed by atoms with van der Waals surface area (Å²) in [5.74, 6) is 0.199. The SMILES string of the molecule is CCNCC1CCN(C(=O)c2c(Cl)cccc2[N+](=O)[O-])CC1. The highest BCUT2D eigenvalue weighted by molar-refractivity contribution is 6.34. The van der Waals surface area contributed by atoms with E-state index < -0.39 is 4.92 Å². The van der Waals surface area contributed by atoms with E-state index in [0.29, 0.717) is 19.0 Å². The van der Waals surface area contributed by atoms with Crippen LogP contribution in [0.25, 0.3) is 0 Å². The quantitative estimate of drug-likeness (QED) is 0.667. The molecule has 22 heavy (non-hydrogen) atoms. The Kier molecular flexibility index (Phi) is 5.74. The van der Waals surface area contributed by atoms with Gasteiger partial charge in [0.05, 0.1) is 9.95 Å². The first kappa shape index (κ1) is 16.7. The van der Waals surface area contributed by atoms with Gasteiger partial charge in [-0.1, -0.05) is 24.6 Å². The molecule has 1 heterocycles. The van der Waals surface area contributed by atoms with Crippen molar-refractivity contribution in [2.45, 2.75) is 19.8 Å². The van der Waals surface area contributed by atoms with Gasteiger partial charge in [0.1, 0.15) is 5.56 Å². The molecule has 0 aromatic heterocycles. The minimum Gasteiger partial charge on any atom is -0.338 e. The van der Waals surface area contributed by atoms with Gasteiger partial charge in [0, 0.05) is 19.2 Å². The number of carbonyl (C=O) groups excluding carboxylic acids is 1. The number of likely N-dealkylation sites (tertiary alicyclic amines) is 1. The van der Waals surface area contributed by atoms with E-state index in [2.05, 4.69) is 12.2 Å². The minimum absolute atomic E-state index is 0.000648. The summed E-state index contributed by atoms with van der Waals surface area (Å²) in [4.78, 5) is 24.8. The number of halogens is 1. The summed E-state index contributed by atoms with van der Waals surface area (Å²) in [5, 5.41) is 14.5. The first-order valence-electron chi connectivity index (χ1n) is 7.47. The molecule has 0 bridgehead atoms. The maximum atomic E-state index is 12.6. The van der Waals surface area contributed by atoms with Crippen molar-refractivity contribution >= 4 is 23.2 Å². The molecule has 1 saturated heterocycles. The van der Waals surface area contributed by atoms with Gasteiger partial charge in [-0.2, -0.15) is 0 Å². The molecule has 1 aliphatic rings. The number of benzene rings is 1. The maximum absolute atomic E-state index is 12.6. The maximum Gasteiger partial charge on any atom is 0.283 e. The van der Waals surface area contributed by atoms with E-state index in [0.717, 1.165) is 25.9 Å². The van der Waals surface area contributed by atoms with E-state index >= 15 is 0 Å². The summed E-state index contributed by atoms with van der Waals surface area (Å²) in [6, 6.07) is 4.32. The van der Waals surface area contributed by atoms with Crippen molar-refractivity contribution in [1.29, 1.82) is 0 Å². The van der Waals surface area contributed by atoms with E-state index in [-0.39, 0.29) is 22.2 Å². The third-order valence-electron chi connectivity index (χ3n) is 3.99. The Hall–Kier alpha value is -1.66. The monoisotopic (exact) mass is 325 g/mol. The molecule has 1 aromatic rings. The van der Waals surface area contributed by atoms with Crippen molar-refractivity contribution in [1.82, 2.24) is 10.2 Å². The molecule has 120 valence electrons. The number of carbonyl (C=O) groups is 1. The Morgan fingerprint density at radius 1 is 1.45 bits per heavy atom. The second kappa shape index (κ2) is 7.56. The van der Waals surface area contributed by atoms with Gasteiger partial charge in [0.2, 0.25) is 0 Å². The van der Waals surface area contributed by atoms with E-state index in [1.54, 1.807) is 4.90 Å². The second-order valence-corrected chi connectivity index (χ2v) is 5.84. The standard InChI is InChI=1S/C15H20ClN3O3/c1-2-17-10-11-6-8-18(9-7-11)15(20)14-12(16)4-3-5-13(14)19(21)22/h3-5,11,17H,2,6-10H2,1H3. The zero-order chi connectivity index (χ0) is 16.1. The van der Waals surface area contributed by atoms with Crippen molar-refractivity contribution in [3.05, 3.63) is 38.9 Å². The number of hydrogen-bond donors (Lipinski definition) is 1. The predicted octanol–water partition coefficient (Wildman–Crippen LogP) is 2.71. The van der Waals surface area contributed by atoms with Gasteiger partial charge in [0.15, 0.2) is 0 Å². The molecule has 1 amide bonds. The Balaban J connectivity index is 2.09. The van der Waals surface area contributed by atoms with E-state index in [1.807, 2.05) is 0 Å². The van der Waals surface area contributed by atoms with Gasteiger partial charge in [-0.05, 0) is 37.9 Å². The molecule has 0 saturated carbocycles. The predicted molar refractivity (Wildman–Crippen MR) is 85.3 cm³/mol. The highest BCUT2D eigenvalue weighted by Crippen LogP contribution is 2.29. The van der Waals surface area contributed by atoms with E-state index in [9.17, 15) is 14.9 Å². The third kappa shape index (κ3) is 3.75. The van der Waals surface area contributed by atoms with Crippen LogP contribution in [-0.4, -0.2) is 41.9 Å². The Labute approximate surface area is 134 Å². The lowest BCUT2D eigenvalue weighted by molar-refractivity contribution is -0.385. The van der Waals surface area contributed by atoms with Crippen molar-refractivity contribution in [3.63, 3.8) is 0 Å². The van der Waals surface area contributed by atoms with Crippen LogP contribution in [0.15, 0.2) is 18.2 Å². The number of piperidine rings is 1. The molecule has 0 aliphatic carbocycles. The molecule has 2 rings (SSSR count). The molecule has 0 spiro atoms. The zero-order valence-corrected chi connectivity index (χ0v) is 13.3. The number of rotatable bonds is 5. The molecule has 1 N–H and O–H groups in total. The molecule has 0 radical (unpaired) electrons. The molecule has 1 aliphatic heterocycles. The fraction of sp³-hybridized carbons (Fsp3) is 0.533. The number of amides is 1. The van der Waals surface area contributed by atoms with Crippen LogP contribution in [0.1, 0.15) is 30.1 Å². The summed E-state index contributed by atoms with van der Waals surface area (Å²) >= 11 is 6.02. The molecule has 1 aromatic carbocycles. The average Bonchev–Trinajstić information content (AvgIpc) is 2.52. The first-order chi connectivity index (χ1) is 10.5. The Morgan fingerprint density at radius 3 is 2.73 bits per heavy atom. The summed E-state index contributed by atoms with van der Waals surface area (Å²) in [6.07, 6.45) is 1.80. The number of hydrogen-bond acceptors (Lipinski definition) is 4. The van der Waals surface area contributed by atoms with Crippen LogP contribution in [0.2, 0.25) is 5.02 Å². The van der Waals surface area contributed by atoms with Crippen molar-refractivity contribution in [2.75, 3.05) is 26.2 Å².